The van der Waals surface area contributed by atoms with Crippen LogP contribution in [0.1, 0.15) is 19.8 Å². The topological polar surface area (TPSA) is 29.5 Å². The van der Waals surface area contributed by atoms with E-state index in [0.29, 0.717) is 5.76 Å². The summed E-state index contributed by atoms with van der Waals surface area (Å²) < 4.78 is 5.54. The van der Waals surface area contributed by atoms with Gasteiger partial charge in [0.25, 0.3) is 0 Å². The van der Waals surface area contributed by atoms with E-state index in [1.165, 1.54) is 15.9 Å². The largest absolute Gasteiger partial charge is 0.508 e. The Morgan fingerprint density at radius 2 is 1.10 bits per heavy atom. The number of aliphatic hydroxyl groups is 1. The third-order valence-electron chi connectivity index (χ3n) is 5.91. The molecule has 29 heavy (non-hydrogen) atoms. The summed E-state index contributed by atoms with van der Waals surface area (Å²) in [5.41, 5.74) is 0. The van der Waals surface area contributed by atoms with Gasteiger partial charge in [0.1, 0.15) is 34.2 Å². The van der Waals surface area contributed by atoms with Gasteiger partial charge in [0, 0.05) is 19.1 Å². The van der Waals surface area contributed by atoms with Crippen molar-refractivity contribution in [2.24, 2.45) is 5.92 Å². The maximum atomic E-state index is 11.5. The molecule has 2 nitrogen and oxygen atoms in total. The van der Waals surface area contributed by atoms with Crippen molar-refractivity contribution >= 4 is 23.2 Å². The second-order valence-corrected chi connectivity index (χ2v) is 11.1. The van der Waals surface area contributed by atoms with E-state index < -0.39 is 7.26 Å². The highest BCUT2D eigenvalue weighted by atomic mass is 31.2. The van der Waals surface area contributed by atoms with E-state index in [1.54, 1.807) is 0 Å². The highest BCUT2D eigenvalue weighted by Gasteiger charge is 2.49. The van der Waals surface area contributed by atoms with Gasteiger partial charge >= 0.3 is 0 Å². The van der Waals surface area contributed by atoms with Crippen LogP contribution in [-0.4, -0.2) is 18.3 Å². The van der Waals surface area contributed by atoms with Crippen LogP contribution in [0.4, 0.5) is 0 Å². The number of ether oxygens (including phenoxy) is 1. The van der Waals surface area contributed by atoms with E-state index in [1.807, 2.05) is 0 Å². The van der Waals surface area contributed by atoms with Crippen molar-refractivity contribution in [2.75, 3.05) is 13.2 Å². The highest BCUT2D eigenvalue weighted by Crippen LogP contribution is 2.63. The van der Waals surface area contributed by atoms with E-state index in [2.05, 4.69) is 97.9 Å². The Kier molecular flexibility index (Phi) is 6.13. The Morgan fingerprint density at radius 3 is 1.48 bits per heavy atom. The zero-order chi connectivity index (χ0) is 20.1. The third kappa shape index (κ3) is 3.75. The molecule has 1 fully saturated rings. The lowest BCUT2D eigenvalue weighted by molar-refractivity contribution is 0.0639. The van der Waals surface area contributed by atoms with E-state index in [-0.39, 0.29) is 5.92 Å². The predicted octanol–water partition coefficient (Wildman–Crippen LogP) is 5.20. The first kappa shape index (κ1) is 19.9. The summed E-state index contributed by atoms with van der Waals surface area (Å²) in [6.45, 7) is 3.58. The molecule has 0 atom stereocenters. The maximum Gasteiger partial charge on any atom is 0.143 e. The molecule has 1 saturated heterocycles. The van der Waals surface area contributed by atoms with Crippen LogP contribution in [-0.2, 0) is 4.74 Å². The Hall–Kier alpha value is -2.41. The lowest BCUT2D eigenvalue weighted by Crippen LogP contribution is -2.33. The van der Waals surface area contributed by atoms with Crippen LogP contribution in [0.25, 0.3) is 0 Å². The monoisotopic (exact) mass is 403 g/mol. The van der Waals surface area contributed by atoms with Gasteiger partial charge in [-0.2, -0.15) is 0 Å². The Bertz CT molecular complexity index is 849. The zero-order valence-electron chi connectivity index (χ0n) is 16.9. The summed E-state index contributed by atoms with van der Waals surface area (Å²) in [6.07, 6.45) is 1.75. The van der Waals surface area contributed by atoms with Crippen molar-refractivity contribution in [2.45, 2.75) is 19.8 Å². The van der Waals surface area contributed by atoms with Crippen LogP contribution < -0.4 is 15.9 Å². The van der Waals surface area contributed by atoms with Crippen molar-refractivity contribution in [3.8, 4) is 0 Å². The lowest BCUT2D eigenvalue weighted by Gasteiger charge is -2.31. The molecule has 1 N–H and O–H groups in total. The molecular formula is C26H28O2P+. The molecule has 1 aliphatic heterocycles. The van der Waals surface area contributed by atoms with Crippen molar-refractivity contribution in [1.29, 1.82) is 0 Å². The third-order valence-corrected chi connectivity index (χ3v) is 10.4. The molecule has 4 rings (SSSR count). The minimum Gasteiger partial charge on any atom is -0.508 e. The Labute approximate surface area is 174 Å². The number of hydrogen-bond donors (Lipinski definition) is 1. The lowest BCUT2D eigenvalue weighted by atomic mass is 9.98. The molecule has 0 spiro atoms. The van der Waals surface area contributed by atoms with Crippen molar-refractivity contribution in [3.05, 3.63) is 102 Å². The minimum absolute atomic E-state index is 0.166. The molecule has 1 heterocycles. The van der Waals surface area contributed by atoms with Crippen LogP contribution in [0.15, 0.2) is 102 Å². The van der Waals surface area contributed by atoms with Crippen molar-refractivity contribution in [3.63, 3.8) is 0 Å². The van der Waals surface area contributed by atoms with Gasteiger partial charge in [0.15, 0.2) is 0 Å². The Morgan fingerprint density at radius 1 is 0.724 bits per heavy atom. The van der Waals surface area contributed by atoms with Gasteiger partial charge in [-0.3, -0.25) is 0 Å². The summed E-state index contributed by atoms with van der Waals surface area (Å²) in [7, 11) is -2.18. The molecule has 0 amide bonds. The van der Waals surface area contributed by atoms with Crippen molar-refractivity contribution in [1.82, 2.24) is 0 Å². The number of rotatable bonds is 5. The van der Waals surface area contributed by atoms with Crippen LogP contribution in [0.3, 0.4) is 0 Å². The second kappa shape index (κ2) is 8.95. The van der Waals surface area contributed by atoms with Crippen LogP contribution in [0.2, 0.25) is 0 Å². The summed E-state index contributed by atoms with van der Waals surface area (Å²) in [5, 5.41) is 16.4. The number of hydrogen-bond acceptors (Lipinski definition) is 2. The van der Waals surface area contributed by atoms with Gasteiger partial charge in [-0.25, -0.2) is 0 Å². The zero-order valence-corrected chi connectivity index (χ0v) is 17.8. The Balaban J connectivity index is 2.03. The fourth-order valence-corrected chi connectivity index (χ4v) is 8.86. The van der Waals surface area contributed by atoms with E-state index in [4.69, 9.17) is 4.74 Å². The molecule has 0 bridgehead atoms. The molecule has 0 saturated carbocycles. The molecule has 0 radical (unpaired) electrons. The number of aliphatic hydroxyl groups excluding tert-OH is 1. The molecule has 0 unspecified atom stereocenters. The molecule has 3 heteroatoms. The first-order valence-corrected chi connectivity index (χ1v) is 12.1. The number of benzene rings is 3. The second-order valence-electron chi connectivity index (χ2n) is 7.53. The summed E-state index contributed by atoms with van der Waals surface area (Å²) in [5.74, 6) is 0.720. The molecule has 148 valence electrons. The molecule has 0 aromatic heterocycles. The molecule has 3 aromatic rings. The van der Waals surface area contributed by atoms with Gasteiger partial charge in [-0.15, -0.1) is 0 Å². The number of allylic oxidation sites excluding steroid dienone is 2. The molecular weight excluding hydrogens is 375 g/mol. The predicted molar refractivity (Wildman–Crippen MR) is 124 cm³/mol. The first-order chi connectivity index (χ1) is 14.2. The smallest absolute Gasteiger partial charge is 0.143 e. The maximum absolute atomic E-state index is 11.5. The standard InChI is InChI=1S/C26H27O2P/c1-21(26(27)22-17-19-28-20-18-22)29(23-11-5-2-6-12-23,24-13-7-3-8-14-24)25-15-9-4-10-16-25/h2-16,22H,17-20H2,1H3/p+1/b26-21-. The van der Waals surface area contributed by atoms with Crippen LogP contribution in [0, 0.1) is 5.92 Å². The van der Waals surface area contributed by atoms with Gasteiger partial charge < -0.3 is 9.84 Å². The molecule has 1 aliphatic rings. The fourth-order valence-electron chi connectivity index (χ4n) is 4.42. The van der Waals surface area contributed by atoms with Crippen LogP contribution >= 0.6 is 7.26 Å². The summed E-state index contributed by atoms with van der Waals surface area (Å²) in [4.78, 5) is 0. The fraction of sp³-hybridized carbons (Fsp3) is 0.231. The van der Waals surface area contributed by atoms with Gasteiger partial charge in [0.05, 0.1) is 0 Å². The average molecular weight is 403 g/mol. The van der Waals surface area contributed by atoms with Gasteiger partial charge in [-0.05, 0) is 56.2 Å². The van der Waals surface area contributed by atoms with E-state index in [0.717, 1.165) is 31.4 Å². The van der Waals surface area contributed by atoms with E-state index in [9.17, 15) is 5.11 Å². The average Bonchev–Trinajstić information content (AvgIpc) is 2.82. The first-order valence-electron chi connectivity index (χ1n) is 10.3. The van der Waals surface area contributed by atoms with E-state index >= 15 is 0 Å². The van der Waals surface area contributed by atoms with Gasteiger partial charge in [0.2, 0.25) is 0 Å². The molecule has 0 aliphatic carbocycles. The highest BCUT2D eigenvalue weighted by molar-refractivity contribution is 7.99. The summed E-state index contributed by atoms with van der Waals surface area (Å²) in [6, 6.07) is 32.1. The normalized spacial score (nSPS) is 16.3. The molecule has 3 aromatic carbocycles. The van der Waals surface area contributed by atoms with Crippen LogP contribution in [0.5, 0.6) is 0 Å². The van der Waals surface area contributed by atoms with Gasteiger partial charge in [-0.1, -0.05) is 54.6 Å². The summed E-state index contributed by atoms with van der Waals surface area (Å²) >= 11 is 0. The quantitative estimate of drug-likeness (QED) is 0.469. The minimum atomic E-state index is -2.18. The SMILES string of the molecule is C/C(=C(/O)C1CCOCC1)[P+](c1ccccc1)(c1ccccc1)c1ccccc1. The van der Waals surface area contributed by atoms with Crippen molar-refractivity contribution < 1.29 is 9.84 Å².